The molecular weight excluding hydrogens is 927 g/mol. The SMILES string of the molecule is C=C(CC[C@@]12O[C@H](C(=O)OC(C)(C)C)[C@@](O)(C(=O)OC(C)(C)C)[C@@](C(=O)OC(C)(C)C)(O1)[C@H](OC(=O)NCCCCCCCCCCCCCC)[C@H]2OC(C)(C)OC)C(OC(C)=O)C(C)Cc1ccccc1. The van der Waals surface area contributed by atoms with E-state index < -0.39 is 94.0 Å². The molecule has 2 unspecified atom stereocenters. The Morgan fingerprint density at radius 1 is 0.750 bits per heavy atom. The van der Waals surface area contributed by atoms with Crippen LogP contribution in [0.15, 0.2) is 42.5 Å². The molecule has 2 fully saturated rings. The molecule has 16 nitrogen and oxygen atoms in total. The van der Waals surface area contributed by atoms with E-state index >= 15 is 9.59 Å². The Kier molecular flexibility index (Phi) is 22.8. The quantitative estimate of drug-likeness (QED) is 0.0264. The molecule has 0 aromatic heterocycles. The molecule has 8 atom stereocenters. The number of nitrogens with one attached hydrogen (secondary N) is 1. The molecule has 2 bridgehead atoms. The predicted octanol–water partition coefficient (Wildman–Crippen LogP) is 10.3. The summed E-state index contributed by atoms with van der Waals surface area (Å²) in [5, 5.41) is 16.2. The smallest absolute Gasteiger partial charge is 0.407 e. The predicted molar refractivity (Wildman–Crippen MR) is 272 cm³/mol. The fourth-order valence-electron chi connectivity index (χ4n) is 9.12. The highest BCUT2D eigenvalue weighted by Crippen LogP contribution is 2.59. The van der Waals surface area contributed by atoms with Crippen LogP contribution in [0.25, 0.3) is 0 Å². The molecule has 0 spiro atoms. The lowest BCUT2D eigenvalue weighted by atomic mass is 9.74. The lowest BCUT2D eigenvalue weighted by molar-refractivity contribution is -0.387. The maximum atomic E-state index is 15.5. The number of fused-ring (bicyclic) bond motifs is 2. The van der Waals surface area contributed by atoms with Gasteiger partial charge >= 0.3 is 30.0 Å². The summed E-state index contributed by atoms with van der Waals surface area (Å²) < 4.78 is 55.9. The monoisotopic (exact) mass is 1020 g/mol. The third-order valence-electron chi connectivity index (χ3n) is 12.6. The summed E-state index contributed by atoms with van der Waals surface area (Å²) in [6.07, 6.45) is 5.11. The van der Waals surface area contributed by atoms with E-state index in [9.17, 15) is 19.5 Å². The van der Waals surface area contributed by atoms with Gasteiger partial charge in [-0.25, -0.2) is 19.2 Å². The van der Waals surface area contributed by atoms with Crippen LogP contribution >= 0.6 is 0 Å². The lowest BCUT2D eigenvalue weighted by Gasteiger charge is -2.51. The number of rotatable bonds is 28. The zero-order valence-corrected chi connectivity index (χ0v) is 46.5. The van der Waals surface area contributed by atoms with Gasteiger partial charge in [-0.05, 0) is 107 Å². The number of amides is 1. The first-order valence-electron chi connectivity index (χ1n) is 26.2. The summed E-state index contributed by atoms with van der Waals surface area (Å²) in [6, 6.07) is 9.63. The minimum absolute atomic E-state index is 0.0987. The molecule has 72 heavy (non-hydrogen) atoms. The van der Waals surface area contributed by atoms with Crippen molar-refractivity contribution in [2.75, 3.05) is 13.7 Å². The van der Waals surface area contributed by atoms with Crippen molar-refractivity contribution in [3.05, 3.63) is 48.0 Å². The molecule has 1 aromatic rings. The van der Waals surface area contributed by atoms with Gasteiger partial charge < -0.3 is 53.1 Å². The number of aliphatic hydroxyl groups is 1. The van der Waals surface area contributed by atoms with Crippen molar-refractivity contribution in [1.82, 2.24) is 5.32 Å². The molecule has 1 aromatic carbocycles. The fourth-order valence-corrected chi connectivity index (χ4v) is 9.12. The van der Waals surface area contributed by atoms with Gasteiger partial charge in [0.2, 0.25) is 17.5 Å². The second kappa shape index (κ2) is 26.4. The van der Waals surface area contributed by atoms with Gasteiger partial charge in [-0.3, -0.25) is 4.79 Å². The molecule has 0 saturated carbocycles. The van der Waals surface area contributed by atoms with Gasteiger partial charge in [-0.2, -0.15) is 0 Å². The van der Waals surface area contributed by atoms with Crippen molar-refractivity contribution in [3.8, 4) is 0 Å². The average molecular weight is 1020 g/mol. The number of methoxy groups -OCH3 is 1. The molecule has 410 valence electrons. The maximum Gasteiger partial charge on any atom is 0.407 e. The first-order chi connectivity index (χ1) is 33.4. The highest BCUT2D eigenvalue weighted by Gasteiger charge is 2.87. The maximum absolute atomic E-state index is 15.5. The summed E-state index contributed by atoms with van der Waals surface area (Å²) >= 11 is 0. The van der Waals surface area contributed by atoms with Crippen LogP contribution in [-0.2, 0) is 68.2 Å². The molecule has 2 aliphatic rings. The topological polar surface area (TPSA) is 201 Å². The van der Waals surface area contributed by atoms with Crippen LogP contribution < -0.4 is 5.32 Å². The number of carbonyl (C=O) groups is 5. The van der Waals surface area contributed by atoms with Gasteiger partial charge in [0, 0.05) is 32.9 Å². The van der Waals surface area contributed by atoms with Crippen LogP contribution in [0.4, 0.5) is 4.79 Å². The van der Waals surface area contributed by atoms with Crippen LogP contribution in [-0.4, -0.2) is 113 Å². The van der Waals surface area contributed by atoms with Crippen molar-refractivity contribution in [2.45, 2.75) is 257 Å². The third kappa shape index (κ3) is 17.5. The Morgan fingerprint density at radius 3 is 1.76 bits per heavy atom. The number of carbonyl (C=O) groups excluding carboxylic acids is 5. The van der Waals surface area contributed by atoms with E-state index in [1.165, 1.54) is 79.8 Å². The van der Waals surface area contributed by atoms with Gasteiger partial charge in [-0.1, -0.05) is 121 Å². The van der Waals surface area contributed by atoms with Gasteiger partial charge in [0.25, 0.3) is 5.60 Å². The van der Waals surface area contributed by atoms with E-state index in [2.05, 4.69) is 18.8 Å². The normalized spacial score (nSPS) is 24.1. The highest BCUT2D eigenvalue weighted by molar-refractivity contribution is 6.00. The van der Waals surface area contributed by atoms with E-state index in [-0.39, 0.29) is 25.3 Å². The number of benzene rings is 1. The minimum atomic E-state index is -3.51. The fraction of sp³-hybridized carbons (Fsp3) is 0.768. The summed E-state index contributed by atoms with van der Waals surface area (Å²) in [5.41, 5.74) is -9.24. The van der Waals surface area contributed by atoms with Crippen molar-refractivity contribution < 1.29 is 71.7 Å². The Balaban J connectivity index is 2.23. The second-order valence-electron chi connectivity index (χ2n) is 23.1. The van der Waals surface area contributed by atoms with Gasteiger partial charge in [0.05, 0.1) is 0 Å². The molecule has 2 saturated heterocycles. The Morgan fingerprint density at radius 2 is 1.26 bits per heavy atom. The van der Waals surface area contributed by atoms with E-state index in [1.807, 2.05) is 37.3 Å². The summed E-state index contributed by atoms with van der Waals surface area (Å²) in [7, 11) is 1.36. The Labute approximate surface area is 430 Å². The van der Waals surface area contributed by atoms with Gasteiger partial charge in [-0.15, -0.1) is 0 Å². The number of hydrogen-bond acceptors (Lipinski definition) is 15. The lowest BCUT2D eigenvalue weighted by Crippen LogP contribution is -2.79. The van der Waals surface area contributed by atoms with Crippen LogP contribution in [0.5, 0.6) is 0 Å². The molecule has 3 rings (SSSR count). The van der Waals surface area contributed by atoms with Crippen LogP contribution in [0.1, 0.15) is 192 Å². The molecule has 1 amide bonds. The van der Waals surface area contributed by atoms with Crippen molar-refractivity contribution in [1.29, 1.82) is 0 Å². The average Bonchev–Trinajstić information content (AvgIpc) is 3.48. The van der Waals surface area contributed by atoms with Crippen molar-refractivity contribution in [2.24, 2.45) is 5.92 Å². The van der Waals surface area contributed by atoms with Crippen LogP contribution in [0, 0.1) is 5.92 Å². The largest absolute Gasteiger partial charge is 0.458 e. The van der Waals surface area contributed by atoms with Gasteiger partial charge in [0.15, 0.2) is 18.0 Å². The summed E-state index contributed by atoms with van der Waals surface area (Å²) in [6.45, 7) is 27.0. The Bertz CT molecular complexity index is 1930. The van der Waals surface area contributed by atoms with Gasteiger partial charge in [0.1, 0.15) is 22.9 Å². The third-order valence-corrected chi connectivity index (χ3v) is 12.6. The Hall–Kier alpha value is -4.09. The second-order valence-corrected chi connectivity index (χ2v) is 23.1. The zero-order valence-electron chi connectivity index (χ0n) is 46.5. The van der Waals surface area contributed by atoms with E-state index in [0.717, 1.165) is 31.2 Å². The standard InChI is InChI=1S/C56H91NO15/c1-17-18-19-20-21-22-23-24-25-26-27-31-36-57-49(62)66-44-43(67-53(14,15)64-16)54(35-34-38(2)42(65-40(4)58)39(3)37-41-32-29-28-30-33-41)68-45(46(59)69-50(5,6)7)55(63,47(60)70-51(8,9)10)56(44,72-54)48(61)71-52(11,12)13/h28-30,32-33,39,42-45,63H,2,17-27,31,34-37H2,1,3-16H3,(H,57,62)/t39?,42?,43-,44-,45-,54-,55-,56-/m1/s1. The van der Waals surface area contributed by atoms with E-state index in [0.29, 0.717) is 18.4 Å². The van der Waals surface area contributed by atoms with E-state index in [4.69, 9.17) is 42.6 Å². The molecule has 16 heteroatoms. The van der Waals surface area contributed by atoms with Crippen molar-refractivity contribution in [3.63, 3.8) is 0 Å². The number of ether oxygens (including phenoxy) is 9. The number of unbranched alkanes of at least 4 members (excludes halogenated alkanes) is 11. The first-order valence-corrected chi connectivity index (χ1v) is 26.2. The van der Waals surface area contributed by atoms with Crippen LogP contribution in [0.3, 0.4) is 0 Å². The number of alkyl carbamates (subject to hydrolysis) is 1. The summed E-state index contributed by atoms with van der Waals surface area (Å²) in [4.78, 5) is 72.2. The van der Waals surface area contributed by atoms with Crippen LogP contribution in [0.2, 0.25) is 0 Å². The molecule has 2 heterocycles. The summed E-state index contributed by atoms with van der Waals surface area (Å²) in [5.74, 6) is -9.09. The van der Waals surface area contributed by atoms with E-state index in [1.54, 1.807) is 55.4 Å². The molecule has 0 aliphatic carbocycles. The number of esters is 4. The molecular formula is C56H91NO15. The molecule has 2 aliphatic heterocycles. The first kappa shape index (κ1) is 62.2. The molecule has 2 N–H and O–H groups in total. The zero-order chi connectivity index (χ0) is 54.3. The number of hydrogen-bond donors (Lipinski definition) is 2. The highest BCUT2D eigenvalue weighted by atomic mass is 16.8. The molecule has 0 radical (unpaired) electrons. The minimum Gasteiger partial charge on any atom is -0.458 e. The van der Waals surface area contributed by atoms with Crippen molar-refractivity contribution >= 4 is 30.0 Å².